The molecular weight excluding hydrogens is 274 g/mol. The Morgan fingerprint density at radius 1 is 1.40 bits per heavy atom. The summed E-state index contributed by atoms with van der Waals surface area (Å²) < 4.78 is 5.48. The van der Waals surface area contributed by atoms with Gasteiger partial charge in [0.05, 0.1) is 0 Å². The highest BCUT2D eigenvalue weighted by molar-refractivity contribution is 7.15. The van der Waals surface area contributed by atoms with Crippen molar-refractivity contribution in [2.24, 2.45) is 0 Å². The van der Waals surface area contributed by atoms with Crippen molar-refractivity contribution in [3.8, 4) is 0 Å². The van der Waals surface area contributed by atoms with Crippen LogP contribution in [0, 0.1) is 6.92 Å². The van der Waals surface area contributed by atoms with Crippen molar-refractivity contribution >= 4 is 39.6 Å². The molecule has 0 fully saturated rings. The van der Waals surface area contributed by atoms with Crippen molar-refractivity contribution < 1.29 is 9.21 Å². The summed E-state index contributed by atoms with van der Waals surface area (Å²) in [5.41, 5.74) is 1.46. The first-order valence-electron chi connectivity index (χ1n) is 5.98. The van der Waals surface area contributed by atoms with Crippen molar-refractivity contribution in [2.75, 3.05) is 5.32 Å². The largest absolute Gasteiger partial charge is 0.437 e. The molecule has 0 saturated carbocycles. The van der Waals surface area contributed by atoms with E-state index in [9.17, 15) is 4.79 Å². The fourth-order valence-electron chi connectivity index (χ4n) is 1.67. The van der Waals surface area contributed by atoms with Crippen LogP contribution in [0.3, 0.4) is 0 Å². The van der Waals surface area contributed by atoms with Crippen LogP contribution in [0.15, 0.2) is 41.0 Å². The molecule has 2 heterocycles. The lowest BCUT2D eigenvalue weighted by Gasteiger charge is -1.93. The van der Waals surface area contributed by atoms with E-state index in [1.807, 2.05) is 31.2 Å². The third kappa shape index (κ3) is 2.75. The molecule has 100 valence electrons. The number of hydrogen-bond donors (Lipinski definition) is 1. The Hall–Kier alpha value is -2.47. The number of nitrogens with zero attached hydrogens (tertiary/aromatic N) is 2. The number of aromatic nitrogens is 2. The van der Waals surface area contributed by atoms with E-state index < -0.39 is 0 Å². The Balaban J connectivity index is 1.71. The fraction of sp³-hybridized carbons (Fsp3) is 0.0714. The lowest BCUT2D eigenvalue weighted by Crippen LogP contribution is -2.07. The highest BCUT2D eigenvalue weighted by Crippen LogP contribution is 2.17. The molecule has 1 N–H and O–H groups in total. The number of hydrogen-bond acceptors (Lipinski definition) is 5. The molecule has 3 rings (SSSR count). The average Bonchev–Trinajstić information content (AvgIpc) is 3.02. The van der Waals surface area contributed by atoms with Crippen LogP contribution in [0.4, 0.5) is 5.13 Å². The van der Waals surface area contributed by atoms with Crippen LogP contribution in [-0.2, 0) is 4.79 Å². The predicted octanol–water partition coefficient (Wildman–Crippen LogP) is 3.24. The van der Waals surface area contributed by atoms with Gasteiger partial charge in [-0.15, -0.1) is 11.3 Å². The summed E-state index contributed by atoms with van der Waals surface area (Å²) >= 11 is 1.43. The standard InChI is InChI=1S/C14H11N3O2S/c1-9-8-15-14(20-9)17-12(18)6-7-13-16-10-4-2-3-5-11(10)19-13/h2-8H,1H3,(H,15,17,18)/b7-6+. The first kappa shape index (κ1) is 12.6. The van der Waals surface area contributed by atoms with Gasteiger partial charge in [0.25, 0.3) is 0 Å². The van der Waals surface area contributed by atoms with Gasteiger partial charge in [-0.2, -0.15) is 0 Å². The molecule has 0 bridgehead atoms. The minimum atomic E-state index is -0.262. The second-order valence-electron chi connectivity index (χ2n) is 4.12. The second-order valence-corrected chi connectivity index (χ2v) is 5.35. The average molecular weight is 285 g/mol. The number of benzene rings is 1. The molecule has 20 heavy (non-hydrogen) atoms. The topological polar surface area (TPSA) is 68.0 Å². The van der Waals surface area contributed by atoms with E-state index >= 15 is 0 Å². The Kier molecular flexibility index (Phi) is 3.30. The number of nitrogens with one attached hydrogen (secondary N) is 1. The molecular formula is C14H11N3O2S. The number of carbonyl (C=O) groups excluding carboxylic acids is 1. The number of para-hydroxylation sites is 2. The third-order valence-electron chi connectivity index (χ3n) is 2.54. The van der Waals surface area contributed by atoms with E-state index in [0.717, 1.165) is 10.4 Å². The van der Waals surface area contributed by atoms with Gasteiger partial charge < -0.3 is 4.42 Å². The summed E-state index contributed by atoms with van der Waals surface area (Å²) in [4.78, 5) is 21.1. The number of fused-ring (bicyclic) bond motifs is 1. The Labute approximate surface area is 119 Å². The van der Waals surface area contributed by atoms with Crippen LogP contribution in [-0.4, -0.2) is 15.9 Å². The summed E-state index contributed by atoms with van der Waals surface area (Å²) in [6.07, 6.45) is 4.63. The van der Waals surface area contributed by atoms with Crippen LogP contribution >= 0.6 is 11.3 Å². The van der Waals surface area contributed by atoms with Crippen LogP contribution < -0.4 is 5.32 Å². The molecule has 0 aliphatic carbocycles. The van der Waals surface area contributed by atoms with E-state index in [2.05, 4.69) is 15.3 Å². The zero-order valence-electron chi connectivity index (χ0n) is 10.7. The number of carbonyl (C=O) groups is 1. The highest BCUT2D eigenvalue weighted by atomic mass is 32.1. The van der Waals surface area contributed by atoms with Crippen LogP contribution in [0.5, 0.6) is 0 Å². The lowest BCUT2D eigenvalue weighted by atomic mass is 10.3. The number of aryl methyl sites for hydroxylation is 1. The first-order valence-corrected chi connectivity index (χ1v) is 6.79. The van der Waals surface area contributed by atoms with E-state index in [0.29, 0.717) is 16.6 Å². The van der Waals surface area contributed by atoms with Gasteiger partial charge in [0.1, 0.15) is 5.52 Å². The number of amides is 1. The number of oxazole rings is 1. The van der Waals surface area contributed by atoms with E-state index in [-0.39, 0.29) is 5.91 Å². The molecule has 6 heteroatoms. The Morgan fingerprint density at radius 3 is 3.00 bits per heavy atom. The quantitative estimate of drug-likeness (QED) is 0.750. The molecule has 0 radical (unpaired) electrons. The summed E-state index contributed by atoms with van der Waals surface area (Å²) in [5.74, 6) is 0.137. The van der Waals surface area contributed by atoms with Gasteiger partial charge in [0.2, 0.25) is 11.8 Å². The highest BCUT2D eigenvalue weighted by Gasteiger charge is 2.04. The first-order chi connectivity index (χ1) is 9.70. The summed E-state index contributed by atoms with van der Waals surface area (Å²) in [5, 5.41) is 3.26. The molecule has 0 unspecified atom stereocenters. The lowest BCUT2D eigenvalue weighted by molar-refractivity contribution is -0.111. The maximum absolute atomic E-state index is 11.7. The third-order valence-corrected chi connectivity index (χ3v) is 3.37. The molecule has 3 aromatic rings. The molecule has 0 spiro atoms. The SMILES string of the molecule is Cc1cnc(NC(=O)/C=C/c2nc3ccccc3o2)s1. The zero-order valence-corrected chi connectivity index (χ0v) is 11.5. The van der Waals surface area contributed by atoms with Gasteiger partial charge in [-0.05, 0) is 19.1 Å². The maximum atomic E-state index is 11.7. The summed E-state index contributed by atoms with van der Waals surface area (Å²) in [6, 6.07) is 7.45. The van der Waals surface area contributed by atoms with Crippen molar-refractivity contribution in [2.45, 2.75) is 6.92 Å². The van der Waals surface area contributed by atoms with E-state index in [4.69, 9.17) is 4.42 Å². The fourth-order valence-corrected chi connectivity index (χ4v) is 2.34. The van der Waals surface area contributed by atoms with Crippen LogP contribution in [0.1, 0.15) is 10.8 Å². The summed E-state index contributed by atoms with van der Waals surface area (Å²) in [7, 11) is 0. The Morgan fingerprint density at radius 2 is 2.25 bits per heavy atom. The second kappa shape index (κ2) is 5.26. The Bertz CT molecular complexity index is 755. The van der Waals surface area contributed by atoms with Crippen LogP contribution in [0.2, 0.25) is 0 Å². The predicted molar refractivity (Wildman–Crippen MR) is 78.5 cm³/mol. The number of anilines is 1. The number of thiazole rings is 1. The van der Waals surface area contributed by atoms with Gasteiger partial charge in [-0.1, -0.05) is 12.1 Å². The maximum Gasteiger partial charge on any atom is 0.250 e. The smallest absolute Gasteiger partial charge is 0.250 e. The summed E-state index contributed by atoms with van der Waals surface area (Å²) in [6.45, 7) is 1.93. The van der Waals surface area contributed by atoms with Gasteiger partial charge in [-0.3, -0.25) is 10.1 Å². The van der Waals surface area contributed by atoms with E-state index in [1.54, 1.807) is 6.20 Å². The minimum absolute atomic E-state index is 0.262. The number of rotatable bonds is 3. The molecule has 0 aliphatic rings. The van der Waals surface area contributed by atoms with Crippen molar-refractivity contribution in [3.63, 3.8) is 0 Å². The minimum Gasteiger partial charge on any atom is -0.437 e. The normalized spacial score (nSPS) is 11.2. The molecule has 2 aromatic heterocycles. The van der Waals surface area contributed by atoms with Gasteiger partial charge in [-0.25, -0.2) is 9.97 Å². The van der Waals surface area contributed by atoms with Gasteiger partial charge in [0, 0.05) is 23.2 Å². The van der Waals surface area contributed by atoms with Crippen molar-refractivity contribution in [1.82, 2.24) is 9.97 Å². The molecule has 1 aromatic carbocycles. The molecule has 5 nitrogen and oxygen atoms in total. The molecule has 0 atom stereocenters. The monoisotopic (exact) mass is 285 g/mol. The van der Waals surface area contributed by atoms with Crippen LogP contribution in [0.25, 0.3) is 17.2 Å². The molecule has 1 amide bonds. The van der Waals surface area contributed by atoms with Crippen molar-refractivity contribution in [1.29, 1.82) is 0 Å². The molecule has 0 saturated heterocycles. The van der Waals surface area contributed by atoms with E-state index in [1.165, 1.54) is 23.5 Å². The molecule has 0 aliphatic heterocycles. The van der Waals surface area contributed by atoms with Gasteiger partial charge in [0.15, 0.2) is 10.7 Å². The zero-order chi connectivity index (χ0) is 13.9. The van der Waals surface area contributed by atoms with Crippen molar-refractivity contribution in [3.05, 3.63) is 47.3 Å². The van der Waals surface area contributed by atoms with Gasteiger partial charge >= 0.3 is 0 Å².